The standard InChI is InChI=1S/C10H15NO2/c1-7-4-8(9(12)13-3)6-10(2,11)5-7/h4,6H,5,11H2,1-3H3. The molecule has 1 aliphatic carbocycles. The van der Waals surface area contributed by atoms with Crippen LogP contribution in [0.5, 0.6) is 0 Å². The molecular weight excluding hydrogens is 166 g/mol. The lowest BCUT2D eigenvalue weighted by atomic mass is 9.86. The highest BCUT2D eigenvalue weighted by atomic mass is 16.5. The Morgan fingerprint density at radius 3 is 2.77 bits per heavy atom. The Bertz CT molecular complexity index is 287. The summed E-state index contributed by atoms with van der Waals surface area (Å²) < 4.78 is 4.62. The van der Waals surface area contributed by atoms with E-state index in [2.05, 4.69) is 4.74 Å². The van der Waals surface area contributed by atoms with Gasteiger partial charge in [0.05, 0.1) is 12.7 Å². The summed E-state index contributed by atoms with van der Waals surface area (Å²) in [6.45, 7) is 3.85. The molecular formula is C10H15NO2. The number of rotatable bonds is 1. The Labute approximate surface area is 78.3 Å². The summed E-state index contributed by atoms with van der Waals surface area (Å²) in [5.74, 6) is -0.323. The molecule has 0 bridgehead atoms. The molecule has 3 nitrogen and oxygen atoms in total. The van der Waals surface area contributed by atoms with Gasteiger partial charge in [-0.3, -0.25) is 0 Å². The van der Waals surface area contributed by atoms with Gasteiger partial charge in [-0.15, -0.1) is 0 Å². The minimum absolute atomic E-state index is 0.323. The van der Waals surface area contributed by atoms with Gasteiger partial charge >= 0.3 is 5.97 Å². The highest BCUT2D eigenvalue weighted by Crippen LogP contribution is 2.24. The Hall–Kier alpha value is -1.09. The van der Waals surface area contributed by atoms with E-state index in [4.69, 9.17) is 5.73 Å². The first-order chi connectivity index (χ1) is 5.94. The van der Waals surface area contributed by atoms with Crippen LogP contribution in [0.15, 0.2) is 23.3 Å². The SMILES string of the molecule is COC(=O)C1=CC(C)(N)CC(C)=C1. The zero-order valence-corrected chi connectivity index (χ0v) is 8.26. The number of esters is 1. The number of hydrogen-bond acceptors (Lipinski definition) is 3. The van der Waals surface area contributed by atoms with Crippen molar-refractivity contribution in [1.82, 2.24) is 0 Å². The van der Waals surface area contributed by atoms with E-state index in [-0.39, 0.29) is 5.97 Å². The molecule has 0 heterocycles. The van der Waals surface area contributed by atoms with Crippen LogP contribution in [0.1, 0.15) is 20.3 Å². The van der Waals surface area contributed by atoms with Crippen LogP contribution in [0.2, 0.25) is 0 Å². The van der Waals surface area contributed by atoms with Gasteiger partial charge in [0.15, 0.2) is 0 Å². The van der Waals surface area contributed by atoms with Gasteiger partial charge in [0.2, 0.25) is 0 Å². The topological polar surface area (TPSA) is 52.3 Å². The smallest absolute Gasteiger partial charge is 0.337 e. The molecule has 13 heavy (non-hydrogen) atoms. The molecule has 1 unspecified atom stereocenters. The van der Waals surface area contributed by atoms with E-state index < -0.39 is 5.54 Å². The van der Waals surface area contributed by atoms with Gasteiger partial charge in [0.25, 0.3) is 0 Å². The van der Waals surface area contributed by atoms with Crippen LogP contribution in [0.4, 0.5) is 0 Å². The molecule has 0 fully saturated rings. The number of hydrogen-bond donors (Lipinski definition) is 1. The molecule has 0 saturated carbocycles. The van der Waals surface area contributed by atoms with Crippen LogP contribution in [-0.4, -0.2) is 18.6 Å². The van der Waals surface area contributed by atoms with Crippen LogP contribution in [0.25, 0.3) is 0 Å². The second kappa shape index (κ2) is 3.34. The summed E-state index contributed by atoms with van der Waals surface area (Å²) in [6.07, 6.45) is 4.36. The highest BCUT2D eigenvalue weighted by molar-refractivity contribution is 5.92. The maximum atomic E-state index is 11.2. The average Bonchev–Trinajstić information content (AvgIpc) is 1.99. The quantitative estimate of drug-likeness (QED) is 0.617. The normalized spacial score (nSPS) is 27.7. The molecule has 0 aliphatic heterocycles. The summed E-state index contributed by atoms with van der Waals surface area (Å²) in [4.78, 5) is 11.2. The molecule has 72 valence electrons. The zero-order valence-electron chi connectivity index (χ0n) is 8.26. The third-order valence-electron chi connectivity index (χ3n) is 1.97. The maximum Gasteiger partial charge on any atom is 0.337 e. The molecule has 1 atom stereocenters. The largest absolute Gasteiger partial charge is 0.465 e. The monoisotopic (exact) mass is 181 g/mol. The lowest BCUT2D eigenvalue weighted by Crippen LogP contribution is -2.36. The van der Waals surface area contributed by atoms with Crippen LogP contribution in [0, 0.1) is 0 Å². The summed E-state index contributed by atoms with van der Waals surface area (Å²) >= 11 is 0. The van der Waals surface area contributed by atoms with Crippen molar-refractivity contribution in [2.75, 3.05) is 7.11 Å². The van der Waals surface area contributed by atoms with Crippen molar-refractivity contribution in [3.63, 3.8) is 0 Å². The second-order valence-electron chi connectivity index (χ2n) is 3.76. The summed E-state index contributed by atoms with van der Waals surface area (Å²) in [7, 11) is 1.37. The van der Waals surface area contributed by atoms with Gasteiger partial charge < -0.3 is 10.5 Å². The molecule has 0 amide bonds. The van der Waals surface area contributed by atoms with Crippen LogP contribution >= 0.6 is 0 Å². The Morgan fingerprint density at radius 2 is 2.31 bits per heavy atom. The second-order valence-corrected chi connectivity index (χ2v) is 3.76. The molecule has 0 saturated heterocycles. The zero-order chi connectivity index (χ0) is 10.1. The van der Waals surface area contributed by atoms with Crippen molar-refractivity contribution in [3.05, 3.63) is 23.3 Å². The molecule has 3 heteroatoms. The van der Waals surface area contributed by atoms with Crippen molar-refractivity contribution in [2.45, 2.75) is 25.8 Å². The van der Waals surface area contributed by atoms with Gasteiger partial charge in [-0.25, -0.2) is 4.79 Å². The van der Waals surface area contributed by atoms with Crippen molar-refractivity contribution in [1.29, 1.82) is 0 Å². The number of nitrogens with two attached hydrogens (primary N) is 1. The minimum Gasteiger partial charge on any atom is -0.465 e. The molecule has 0 aromatic rings. The molecule has 0 aromatic carbocycles. The molecule has 1 rings (SSSR count). The molecule has 0 radical (unpaired) electrons. The first-order valence-electron chi connectivity index (χ1n) is 4.22. The van der Waals surface area contributed by atoms with Crippen LogP contribution in [0.3, 0.4) is 0 Å². The lowest BCUT2D eigenvalue weighted by molar-refractivity contribution is -0.135. The molecule has 0 spiro atoms. The summed E-state index contributed by atoms with van der Waals surface area (Å²) in [6, 6.07) is 0. The predicted molar refractivity (Wildman–Crippen MR) is 51.1 cm³/mol. The van der Waals surface area contributed by atoms with E-state index in [1.807, 2.05) is 19.9 Å². The van der Waals surface area contributed by atoms with E-state index in [1.54, 1.807) is 6.08 Å². The van der Waals surface area contributed by atoms with Crippen molar-refractivity contribution < 1.29 is 9.53 Å². The Balaban J connectivity index is 2.96. The van der Waals surface area contributed by atoms with Gasteiger partial charge in [0.1, 0.15) is 0 Å². The van der Waals surface area contributed by atoms with E-state index in [1.165, 1.54) is 7.11 Å². The first kappa shape index (κ1) is 9.99. The number of methoxy groups -OCH3 is 1. The van der Waals surface area contributed by atoms with E-state index in [9.17, 15) is 4.79 Å². The maximum absolute atomic E-state index is 11.2. The third kappa shape index (κ3) is 2.42. The molecule has 1 aliphatic rings. The van der Waals surface area contributed by atoms with Crippen molar-refractivity contribution in [3.8, 4) is 0 Å². The fourth-order valence-corrected chi connectivity index (χ4v) is 1.60. The fraction of sp³-hybridized carbons (Fsp3) is 0.500. The van der Waals surface area contributed by atoms with Gasteiger partial charge in [-0.2, -0.15) is 0 Å². The number of carbonyl (C=O) groups is 1. The Kier molecular flexibility index (Phi) is 2.57. The first-order valence-corrected chi connectivity index (χ1v) is 4.22. The average molecular weight is 181 g/mol. The van der Waals surface area contributed by atoms with Crippen molar-refractivity contribution >= 4 is 5.97 Å². The lowest BCUT2D eigenvalue weighted by Gasteiger charge is -2.25. The van der Waals surface area contributed by atoms with Crippen molar-refractivity contribution in [2.24, 2.45) is 5.73 Å². The van der Waals surface area contributed by atoms with Gasteiger partial charge in [-0.1, -0.05) is 11.6 Å². The van der Waals surface area contributed by atoms with E-state index in [0.717, 1.165) is 12.0 Å². The highest BCUT2D eigenvalue weighted by Gasteiger charge is 2.23. The van der Waals surface area contributed by atoms with Crippen LogP contribution < -0.4 is 5.73 Å². The van der Waals surface area contributed by atoms with Crippen LogP contribution in [-0.2, 0) is 9.53 Å². The summed E-state index contributed by atoms with van der Waals surface area (Å²) in [5, 5.41) is 0. The minimum atomic E-state index is -0.428. The number of ether oxygens (including phenoxy) is 1. The predicted octanol–water partition coefficient (Wildman–Crippen LogP) is 1.15. The van der Waals surface area contributed by atoms with E-state index >= 15 is 0 Å². The molecule has 2 N–H and O–H groups in total. The number of carbonyl (C=O) groups excluding carboxylic acids is 1. The third-order valence-corrected chi connectivity index (χ3v) is 1.97. The molecule has 0 aromatic heterocycles. The Morgan fingerprint density at radius 1 is 1.69 bits per heavy atom. The van der Waals surface area contributed by atoms with Gasteiger partial charge in [0, 0.05) is 5.54 Å². The summed E-state index contributed by atoms with van der Waals surface area (Å²) in [5.41, 5.74) is 7.15. The van der Waals surface area contributed by atoms with Gasteiger partial charge in [-0.05, 0) is 26.3 Å². The fourth-order valence-electron chi connectivity index (χ4n) is 1.60. The van der Waals surface area contributed by atoms with E-state index in [0.29, 0.717) is 5.57 Å².